The summed E-state index contributed by atoms with van der Waals surface area (Å²) in [6, 6.07) is 0. The topological polar surface area (TPSA) is 105 Å². The zero-order chi connectivity index (χ0) is 15.7. The van der Waals surface area contributed by atoms with Gasteiger partial charge in [0.05, 0.1) is 0 Å². The van der Waals surface area contributed by atoms with E-state index in [0.717, 1.165) is 23.3 Å². The van der Waals surface area contributed by atoms with Gasteiger partial charge in [-0.15, -0.1) is 0 Å². The summed E-state index contributed by atoms with van der Waals surface area (Å²) >= 11 is 0. The molecule has 4 N–H and O–H groups in total. The molecule has 0 saturated heterocycles. The number of hydrogen-bond acceptors (Lipinski definition) is 6. The number of ether oxygens (including phenoxy) is 2. The molecule has 0 aromatic carbocycles. The van der Waals surface area contributed by atoms with Crippen LogP contribution in [0.2, 0.25) is 0 Å². The number of esters is 2. The lowest BCUT2D eigenvalue weighted by Crippen LogP contribution is -2.25. The van der Waals surface area contributed by atoms with E-state index < -0.39 is 24.4 Å². The highest BCUT2D eigenvalue weighted by molar-refractivity contribution is 5.91. The Morgan fingerprint density at radius 3 is 1.35 bits per heavy atom. The molecule has 0 bridgehead atoms. The molecule has 0 aromatic rings. The van der Waals surface area contributed by atoms with Crippen LogP contribution in [0.5, 0.6) is 0 Å². The highest BCUT2D eigenvalue weighted by Gasteiger charge is 2.07. The molecule has 6 heteroatoms. The zero-order valence-electron chi connectivity index (χ0n) is 12.3. The number of carbonyl (C=O) groups is 2. The average Bonchev–Trinajstić information content (AvgIpc) is 2.23. The third-order valence-electron chi connectivity index (χ3n) is 1.86. The second-order valence-electron chi connectivity index (χ2n) is 4.62. The van der Waals surface area contributed by atoms with Crippen molar-refractivity contribution < 1.29 is 19.1 Å². The minimum atomic E-state index is -0.846. The quantitative estimate of drug-likeness (QED) is 0.327. The summed E-state index contributed by atoms with van der Waals surface area (Å²) in [4.78, 5) is 22.7. The van der Waals surface area contributed by atoms with E-state index in [9.17, 15) is 9.59 Å². The van der Waals surface area contributed by atoms with Gasteiger partial charge in [-0.25, -0.2) is 9.59 Å². The maximum atomic E-state index is 11.3. The fourth-order valence-electron chi connectivity index (χ4n) is 1.21. The Bertz CT molecular complexity index is 390. The first-order chi connectivity index (χ1) is 9.20. The van der Waals surface area contributed by atoms with Gasteiger partial charge in [0.2, 0.25) is 0 Å². The van der Waals surface area contributed by atoms with Gasteiger partial charge in [0.25, 0.3) is 0 Å². The summed E-state index contributed by atoms with van der Waals surface area (Å²) < 4.78 is 9.61. The SMILES string of the molecule is CC(C)=CC(N)OC(=O)/C=C/C(=O)OC(N)C=C(C)C. The fraction of sp³-hybridized carbons (Fsp3) is 0.429. The molecule has 112 valence electrons. The fourth-order valence-corrected chi connectivity index (χ4v) is 1.21. The van der Waals surface area contributed by atoms with Crippen LogP contribution in [0.3, 0.4) is 0 Å². The van der Waals surface area contributed by atoms with Crippen LogP contribution < -0.4 is 11.5 Å². The van der Waals surface area contributed by atoms with Gasteiger partial charge in [-0.3, -0.25) is 11.5 Å². The standard InChI is InChI=1S/C14H22N2O4/c1-9(2)7-11(15)19-13(17)5-6-14(18)20-12(16)8-10(3)4/h5-8,11-12H,15-16H2,1-4H3/b6-5+. The molecule has 2 atom stereocenters. The van der Waals surface area contributed by atoms with Crippen molar-refractivity contribution in [3.63, 3.8) is 0 Å². The van der Waals surface area contributed by atoms with Crippen LogP contribution in [0.15, 0.2) is 35.5 Å². The first kappa shape index (κ1) is 18.1. The molecule has 0 rings (SSSR count). The van der Waals surface area contributed by atoms with Crippen molar-refractivity contribution in [2.24, 2.45) is 11.5 Å². The van der Waals surface area contributed by atoms with Crippen molar-refractivity contribution in [3.05, 3.63) is 35.5 Å². The van der Waals surface area contributed by atoms with Gasteiger partial charge >= 0.3 is 11.9 Å². The van der Waals surface area contributed by atoms with Crippen molar-refractivity contribution in [3.8, 4) is 0 Å². The highest BCUT2D eigenvalue weighted by atomic mass is 16.6. The van der Waals surface area contributed by atoms with Gasteiger partial charge in [-0.05, 0) is 39.8 Å². The van der Waals surface area contributed by atoms with Crippen LogP contribution in [0.1, 0.15) is 27.7 Å². The Morgan fingerprint density at radius 2 is 1.10 bits per heavy atom. The van der Waals surface area contributed by atoms with Gasteiger partial charge in [0.15, 0.2) is 12.5 Å². The van der Waals surface area contributed by atoms with Gasteiger partial charge < -0.3 is 9.47 Å². The number of hydrogen-bond donors (Lipinski definition) is 2. The van der Waals surface area contributed by atoms with E-state index in [1.807, 2.05) is 27.7 Å². The van der Waals surface area contributed by atoms with Gasteiger partial charge in [-0.2, -0.15) is 0 Å². The predicted octanol–water partition coefficient (Wildman–Crippen LogP) is 1.13. The molecule has 0 fully saturated rings. The molecule has 0 amide bonds. The third kappa shape index (κ3) is 10.0. The molecule has 0 aromatic heterocycles. The highest BCUT2D eigenvalue weighted by Crippen LogP contribution is 1.97. The van der Waals surface area contributed by atoms with E-state index in [0.29, 0.717) is 0 Å². The van der Waals surface area contributed by atoms with Crippen molar-refractivity contribution in [2.75, 3.05) is 0 Å². The van der Waals surface area contributed by atoms with Crippen LogP contribution in [0.4, 0.5) is 0 Å². The molecule has 0 spiro atoms. The van der Waals surface area contributed by atoms with Crippen molar-refractivity contribution >= 4 is 11.9 Å². The van der Waals surface area contributed by atoms with E-state index >= 15 is 0 Å². The van der Waals surface area contributed by atoms with Crippen LogP contribution in [0.25, 0.3) is 0 Å². The third-order valence-corrected chi connectivity index (χ3v) is 1.86. The molecule has 0 aliphatic heterocycles. The Labute approximate surface area is 119 Å². The molecule has 2 unspecified atom stereocenters. The lowest BCUT2D eigenvalue weighted by atomic mass is 10.3. The van der Waals surface area contributed by atoms with Crippen LogP contribution >= 0.6 is 0 Å². The zero-order valence-corrected chi connectivity index (χ0v) is 12.3. The maximum absolute atomic E-state index is 11.3. The van der Waals surface area contributed by atoms with E-state index in [1.54, 1.807) is 12.2 Å². The number of allylic oxidation sites excluding steroid dienone is 2. The van der Waals surface area contributed by atoms with E-state index in [1.165, 1.54) is 0 Å². The minimum absolute atomic E-state index is 0.734. The Kier molecular flexibility index (Phi) is 8.19. The first-order valence-electron chi connectivity index (χ1n) is 6.11. The molecule has 0 saturated carbocycles. The second-order valence-corrected chi connectivity index (χ2v) is 4.62. The number of nitrogens with two attached hydrogens (primary N) is 2. The second kappa shape index (κ2) is 9.06. The molecule has 0 radical (unpaired) electrons. The summed E-state index contributed by atoms with van der Waals surface area (Å²) in [5.41, 5.74) is 12.9. The van der Waals surface area contributed by atoms with E-state index in [-0.39, 0.29) is 0 Å². The smallest absolute Gasteiger partial charge is 0.332 e. The molecular formula is C14H22N2O4. The van der Waals surface area contributed by atoms with E-state index in [2.05, 4.69) is 0 Å². The minimum Gasteiger partial charge on any atom is -0.440 e. The Morgan fingerprint density at radius 1 is 0.800 bits per heavy atom. The van der Waals surface area contributed by atoms with Crippen LogP contribution in [0, 0.1) is 0 Å². The van der Waals surface area contributed by atoms with Crippen molar-refractivity contribution in [1.29, 1.82) is 0 Å². The summed E-state index contributed by atoms with van der Waals surface area (Å²) in [5.74, 6) is -1.47. The molecule has 0 aliphatic carbocycles. The largest absolute Gasteiger partial charge is 0.440 e. The van der Waals surface area contributed by atoms with E-state index in [4.69, 9.17) is 20.9 Å². The van der Waals surface area contributed by atoms with Crippen LogP contribution in [-0.2, 0) is 19.1 Å². The summed E-state index contributed by atoms with van der Waals surface area (Å²) in [6.45, 7) is 7.30. The predicted molar refractivity (Wildman–Crippen MR) is 76.1 cm³/mol. The Balaban J connectivity index is 4.29. The normalized spacial score (nSPS) is 13.3. The molecule has 0 heterocycles. The summed E-state index contributed by atoms with van der Waals surface area (Å²) in [6.07, 6.45) is 3.35. The maximum Gasteiger partial charge on any atom is 0.332 e. The monoisotopic (exact) mass is 282 g/mol. The first-order valence-corrected chi connectivity index (χ1v) is 6.11. The number of carbonyl (C=O) groups excluding carboxylic acids is 2. The van der Waals surface area contributed by atoms with Crippen LogP contribution in [-0.4, -0.2) is 24.4 Å². The molecule has 6 nitrogen and oxygen atoms in total. The van der Waals surface area contributed by atoms with Crippen molar-refractivity contribution in [1.82, 2.24) is 0 Å². The van der Waals surface area contributed by atoms with Gasteiger partial charge in [0, 0.05) is 12.2 Å². The van der Waals surface area contributed by atoms with Gasteiger partial charge in [0.1, 0.15) is 0 Å². The average molecular weight is 282 g/mol. The summed E-state index contributed by atoms with van der Waals surface area (Å²) in [5, 5.41) is 0. The number of rotatable bonds is 6. The lowest BCUT2D eigenvalue weighted by molar-refractivity contribution is -0.143. The summed E-state index contributed by atoms with van der Waals surface area (Å²) in [7, 11) is 0. The molecular weight excluding hydrogens is 260 g/mol. The molecule has 20 heavy (non-hydrogen) atoms. The Hall–Kier alpha value is -1.92. The molecule has 0 aliphatic rings. The van der Waals surface area contributed by atoms with Crippen molar-refractivity contribution in [2.45, 2.75) is 40.2 Å². The lowest BCUT2D eigenvalue weighted by Gasteiger charge is -2.08. The van der Waals surface area contributed by atoms with Gasteiger partial charge in [-0.1, -0.05) is 11.1 Å².